The summed E-state index contributed by atoms with van der Waals surface area (Å²) in [5, 5.41) is 23.4. The van der Waals surface area contributed by atoms with Gasteiger partial charge in [0, 0.05) is 19.1 Å². The van der Waals surface area contributed by atoms with E-state index in [1.807, 2.05) is 0 Å². The highest BCUT2D eigenvalue weighted by atomic mass is 16.6. The fourth-order valence-electron chi connectivity index (χ4n) is 1.18. The van der Waals surface area contributed by atoms with Crippen molar-refractivity contribution < 1.29 is 14.6 Å². The molecule has 0 spiro atoms. The minimum Gasteiger partial charge on any atom is -0.397 e. The predicted molar refractivity (Wildman–Crippen MR) is 58.5 cm³/mol. The molecular formula is C8H8N4O5. The van der Waals surface area contributed by atoms with Crippen molar-refractivity contribution in [2.75, 3.05) is 11.1 Å². The number of rotatable bonds is 3. The smallest absolute Gasteiger partial charge is 0.348 e. The summed E-state index contributed by atoms with van der Waals surface area (Å²) in [4.78, 5) is 30.2. The molecule has 0 bridgehead atoms. The van der Waals surface area contributed by atoms with Gasteiger partial charge in [-0.15, -0.1) is 0 Å². The number of nitro benzene ring substituents is 2. The van der Waals surface area contributed by atoms with Crippen LogP contribution in [0.15, 0.2) is 12.1 Å². The van der Waals surface area contributed by atoms with Gasteiger partial charge < -0.3 is 11.1 Å². The summed E-state index contributed by atoms with van der Waals surface area (Å²) in [5.41, 5.74) is 3.84. The Hall–Kier alpha value is -2.71. The third kappa shape index (κ3) is 2.65. The van der Waals surface area contributed by atoms with Gasteiger partial charge >= 0.3 is 11.4 Å². The molecule has 1 amide bonds. The second kappa shape index (κ2) is 4.43. The van der Waals surface area contributed by atoms with Crippen molar-refractivity contribution in [3.05, 3.63) is 32.4 Å². The summed E-state index contributed by atoms with van der Waals surface area (Å²) in [5.74, 6) is -0.486. The Bertz CT molecular complexity index is 513. The van der Waals surface area contributed by atoms with E-state index < -0.39 is 27.1 Å². The lowest BCUT2D eigenvalue weighted by Crippen LogP contribution is -2.09. The van der Waals surface area contributed by atoms with E-state index in [4.69, 9.17) is 5.73 Å². The number of carbonyl (C=O) groups is 1. The van der Waals surface area contributed by atoms with E-state index in [0.29, 0.717) is 0 Å². The third-order valence-corrected chi connectivity index (χ3v) is 1.85. The summed E-state index contributed by atoms with van der Waals surface area (Å²) >= 11 is 0. The Balaban J connectivity index is 3.39. The van der Waals surface area contributed by atoms with Crippen LogP contribution < -0.4 is 11.1 Å². The molecule has 0 saturated heterocycles. The van der Waals surface area contributed by atoms with Gasteiger partial charge in [-0.25, -0.2) is 0 Å². The molecule has 90 valence electrons. The molecule has 0 aliphatic carbocycles. The number of hydrogen-bond donors (Lipinski definition) is 2. The summed E-state index contributed by atoms with van der Waals surface area (Å²) in [6.45, 7) is 1.19. The molecule has 1 aromatic rings. The van der Waals surface area contributed by atoms with Crippen molar-refractivity contribution in [1.29, 1.82) is 0 Å². The van der Waals surface area contributed by atoms with Crippen molar-refractivity contribution in [2.24, 2.45) is 0 Å². The first-order valence-electron chi connectivity index (χ1n) is 4.33. The van der Waals surface area contributed by atoms with Crippen molar-refractivity contribution in [1.82, 2.24) is 0 Å². The Morgan fingerprint density at radius 3 is 2.12 bits per heavy atom. The topological polar surface area (TPSA) is 141 Å². The van der Waals surface area contributed by atoms with Gasteiger partial charge in [0.15, 0.2) is 0 Å². The molecular weight excluding hydrogens is 232 g/mol. The zero-order chi connectivity index (χ0) is 13.2. The Morgan fingerprint density at radius 2 is 1.71 bits per heavy atom. The van der Waals surface area contributed by atoms with E-state index in [0.717, 1.165) is 12.1 Å². The molecule has 0 heterocycles. The average molecular weight is 240 g/mol. The van der Waals surface area contributed by atoms with Gasteiger partial charge in [0.05, 0.1) is 21.2 Å². The summed E-state index contributed by atoms with van der Waals surface area (Å²) in [7, 11) is 0. The monoisotopic (exact) mass is 240 g/mol. The van der Waals surface area contributed by atoms with Gasteiger partial charge in [-0.05, 0) is 0 Å². The number of anilines is 2. The minimum atomic E-state index is -0.914. The van der Waals surface area contributed by atoms with Gasteiger partial charge in [0.2, 0.25) is 5.91 Å². The van der Waals surface area contributed by atoms with Crippen LogP contribution in [0.3, 0.4) is 0 Å². The first-order valence-corrected chi connectivity index (χ1v) is 4.33. The number of nitrogen functional groups attached to an aromatic ring is 1. The number of nitrogens with two attached hydrogens (primary N) is 1. The number of nitrogens with zero attached hydrogens (tertiary/aromatic N) is 2. The van der Waals surface area contributed by atoms with Crippen LogP contribution in [-0.2, 0) is 4.79 Å². The normalized spacial score (nSPS) is 9.71. The average Bonchev–Trinajstić information content (AvgIpc) is 2.19. The third-order valence-electron chi connectivity index (χ3n) is 1.85. The fourth-order valence-corrected chi connectivity index (χ4v) is 1.18. The van der Waals surface area contributed by atoms with E-state index >= 15 is 0 Å². The molecule has 0 radical (unpaired) electrons. The predicted octanol–water partition coefficient (Wildman–Crippen LogP) is 1.04. The Morgan fingerprint density at radius 1 is 1.24 bits per heavy atom. The lowest BCUT2D eigenvalue weighted by Gasteiger charge is -2.05. The van der Waals surface area contributed by atoms with Gasteiger partial charge in [0.1, 0.15) is 0 Å². The molecule has 1 rings (SSSR count). The number of nitro groups is 2. The molecule has 0 aromatic heterocycles. The fraction of sp³-hybridized carbons (Fsp3) is 0.125. The first-order chi connectivity index (χ1) is 7.82. The summed E-state index contributed by atoms with van der Waals surface area (Å²) in [6.07, 6.45) is 0. The maximum Gasteiger partial charge on any atom is 0.348 e. The number of nitrogens with one attached hydrogen (secondary N) is 1. The molecule has 1 aromatic carbocycles. The maximum atomic E-state index is 10.8. The van der Waals surface area contributed by atoms with E-state index in [9.17, 15) is 25.0 Å². The molecule has 0 saturated carbocycles. The van der Waals surface area contributed by atoms with E-state index in [-0.39, 0.29) is 11.4 Å². The SMILES string of the molecule is CC(=O)Nc1cc([N+](=O)[O-])c([N+](=O)[O-])cc1N. The quantitative estimate of drug-likeness (QED) is 0.459. The molecule has 17 heavy (non-hydrogen) atoms. The lowest BCUT2D eigenvalue weighted by atomic mass is 10.2. The van der Waals surface area contributed by atoms with Crippen molar-refractivity contribution in [3.8, 4) is 0 Å². The molecule has 0 aliphatic heterocycles. The molecule has 0 unspecified atom stereocenters. The van der Waals surface area contributed by atoms with E-state index in [2.05, 4.69) is 5.32 Å². The largest absolute Gasteiger partial charge is 0.397 e. The Labute approximate surface area is 94.5 Å². The number of carbonyl (C=O) groups excluding carboxylic acids is 1. The summed E-state index contributed by atoms with van der Waals surface area (Å²) in [6, 6.07) is 1.69. The molecule has 9 heteroatoms. The maximum absolute atomic E-state index is 10.8. The van der Waals surface area contributed by atoms with Crippen LogP contribution in [0.1, 0.15) is 6.92 Å². The van der Waals surface area contributed by atoms with Crippen LogP contribution in [0.5, 0.6) is 0 Å². The van der Waals surface area contributed by atoms with Crippen molar-refractivity contribution in [2.45, 2.75) is 6.92 Å². The van der Waals surface area contributed by atoms with Crippen LogP contribution in [0.2, 0.25) is 0 Å². The highest BCUT2D eigenvalue weighted by molar-refractivity contribution is 5.93. The zero-order valence-electron chi connectivity index (χ0n) is 8.67. The lowest BCUT2D eigenvalue weighted by molar-refractivity contribution is -0.422. The van der Waals surface area contributed by atoms with Crippen molar-refractivity contribution in [3.63, 3.8) is 0 Å². The zero-order valence-corrected chi connectivity index (χ0v) is 8.67. The second-order valence-corrected chi connectivity index (χ2v) is 3.12. The highest BCUT2D eigenvalue weighted by Crippen LogP contribution is 2.34. The number of benzene rings is 1. The van der Waals surface area contributed by atoms with Crippen molar-refractivity contribution >= 4 is 28.7 Å². The van der Waals surface area contributed by atoms with Gasteiger partial charge in [-0.3, -0.25) is 25.0 Å². The molecule has 9 nitrogen and oxygen atoms in total. The van der Waals surface area contributed by atoms with Crippen LogP contribution in [0.4, 0.5) is 22.7 Å². The van der Waals surface area contributed by atoms with E-state index in [1.165, 1.54) is 6.92 Å². The Kier molecular flexibility index (Phi) is 3.22. The second-order valence-electron chi connectivity index (χ2n) is 3.12. The van der Waals surface area contributed by atoms with Crippen LogP contribution in [-0.4, -0.2) is 15.8 Å². The van der Waals surface area contributed by atoms with Crippen LogP contribution >= 0.6 is 0 Å². The van der Waals surface area contributed by atoms with Gasteiger partial charge in [-0.2, -0.15) is 0 Å². The molecule has 0 atom stereocenters. The standard InChI is InChI=1S/C8H8N4O5/c1-4(13)10-6-3-8(12(16)17)7(11(14)15)2-5(6)9/h2-3H,9H2,1H3,(H,10,13). The van der Waals surface area contributed by atoms with Gasteiger partial charge in [0.25, 0.3) is 0 Å². The minimum absolute atomic E-state index is 0.0326. The number of amides is 1. The molecule has 0 fully saturated rings. The molecule has 0 aliphatic rings. The molecule has 3 N–H and O–H groups in total. The van der Waals surface area contributed by atoms with Crippen LogP contribution in [0.25, 0.3) is 0 Å². The highest BCUT2D eigenvalue weighted by Gasteiger charge is 2.26. The van der Waals surface area contributed by atoms with Crippen LogP contribution in [0, 0.1) is 20.2 Å². The summed E-state index contributed by atoms with van der Waals surface area (Å²) < 4.78 is 0. The number of hydrogen-bond acceptors (Lipinski definition) is 6. The first kappa shape index (κ1) is 12.4. The van der Waals surface area contributed by atoms with E-state index in [1.54, 1.807) is 0 Å². The van der Waals surface area contributed by atoms with Gasteiger partial charge in [-0.1, -0.05) is 0 Å².